The minimum Gasteiger partial charge on any atom is -0.468 e. The molecule has 0 saturated carbocycles. The number of benzene rings is 1. The van der Waals surface area contributed by atoms with Crippen LogP contribution in [0.5, 0.6) is 0 Å². The number of nitrogens with one attached hydrogen (secondary N) is 1. The molecule has 0 saturated heterocycles. The molecule has 1 aliphatic carbocycles. The Morgan fingerprint density at radius 1 is 1.33 bits per heavy atom. The summed E-state index contributed by atoms with van der Waals surface area (Å²) in [6, 6.07) is 10.6. The van der Waals surface area contributed by atoms with Crippen LogP contribution in [0.2, 0.25) is 0 Å². The van der Waals surface area contributed by atoms with Crippen LogP contribution in [0.1, 0.15) is 35.8 Å². The van der Waals surface area contributed by atoms with Gasteiger partial charge in [-0.25, -0.2) is 0 Å². The fourth-order valence-electron chi connectivity index (χ4n) is 2.67. The van der Waals surface area contributed by atoms with E-state index >= 15 is 0 Å². The van der Waals surface area contributed by atoms with Crippen molar-refractivity contribution in [2.75, 3.05) is 5.73 Å². The highest BCUT2D eigenvalue weighted by atomic mass is 16.3. The second-order valence-corrected chi connectivity index (χ2v) is 4.86. The lowest BCUT2D eigenvalue weighted by Crippen LogP contribution is -2.24. The molecule has 2 aromatic rings. The first-order chi connectivity index (χ1) is 8.83. The first kappa shape index (κ1) is 11.4. The van der Waals surface area contributed by atoms with E-state index in [2.05, 4.69) is 17.4 Å². The van der Waals surface area contributed by atoms with Crippen molar-refractivity contribution in [3.8, 4) is 0 Å². The van der Waals surface area contributed by atoms with Gasteiger partial charge in [0.25, 0.3) is 0 Å². The average molecular weight is 242 g/mol. The van der Waals surface area contributed by atoms with Crippen LogP contribution >= 0.6 is 0 Å². The number of anilines is 1. The zero-order valence-electron chi connectivity index (χ0n) is 10.4. The highest BCUT2D eigenvalue weighted by Crippen LogP contribution is 2.31. The van der Waals surface area contributed by atoms with Crippen molar-refractivity contribution in [1.82, 2.24) is 5.32 Å². The number of rotatable bonds is 3. The number of hydrogen-bond acceptors (Lipinski definition) is 3. The predicted octanol–water partition coefficient (Wildman–Crippen LogP) is 3.03. The summed E-state index contributed by atoms with van der Waals surface area (Å²) in [5, 5.41) is 3.56. The van der Waals surface area contributed by atoms with Gasteiger partial charge in [0, 0.05) is 11.7 Å². The topological polar surface area (TPSA) is 51.2 Å². The Morgan fingerprint density at radius 3 is 3.11 bits per heavy atom. The minimum absolute atomic E-state index is 0.391. The number of nitrogen functional groups attached to an aromatic ring is 1. The molecule has 0 bridgehead atoms. The van der Waals surface area contributed by atoms with E-state index in [0.29, 0.717) is 6.04 Å². The summed E-state index contributed by atoms with van der Waals surface area (Å²) in [6.07, 6.45) is 5.27. The largest absolute Gasteiger partial charge is 0.468 e. The fourth-order valence-corrected chi connectivity index (χ4v) is 2.67. The van der Waals surface area contributed by atoms with Crippen molar-refractivity contribution in [1.29, 1.82) is 0 Å². The molecule has 0 spiro atoms. The van der Waals surface area contributed by atoms with Crippen molar-refractivity contribution in [3.05, 3.63) is 53.5 Å². The summed E-state index contributed by atoms with van der Waals surface area (Å²) in [4.78, 5) is 0. The van der Waals surface area contributed by atoms with Crippen molar-refractivity contribution in [2.45, 2.75) is 31.8 Å². The van der Waals surface area contributed by atoms with Gasteiger partial charge in [-0.3, -0.25) is 0 Å². The van der Waals surface area contributed by atoms with Gasteiger partial charge in [-0.2, -0.15) is 0 Å². The Morgan fingerprint density at radius 2 is 2.28 bits per heavy atom. The molecule has 0 aliphatic heterocycles. The number of hydrogen-bond donors (Lipinski definition) is 2. The summed E-state index contributed by atoms with van der Waals surface area (Å²) >= 11 is 0. The Kier molecular flexibility index (Phi) is 3.07. The standard InChI is InChI=1S/C15H18N2O/c16-12-7-6-11-3-1-5-15(14(11)9-12)17-10-13-4-2-8-18-13/h2,4,6-9,15,17H,1,3,5,10,16H2. The maximum Gasteiger partial charge on any atom is 0.117 e. The van der Waals surface area contributed by atoms with Gasteiger partial charge in [-0.15, -0.1) is 0 Å². The zero-order valence-corrected chi connectivity index (χ0v) is 10.4. The first-order valence-corrected chi connectivity index (χ1v) is 6.47. The Bertz CT molecular complexity index is 519. The summed E-state index contributed by atoms with van der Waals surface area (Å²) in [5.41, 5.74) is 9.51. The molecule has 3 heteroatoms. The molecule has 1 heterocycles. The third-order valence-corrected chi connectivity index (χ3v) is 3.59. The molecule has 0 radical (unpaired) electrons. The van der Waals surface area contributed by atoms with Crippen LogP contribution in [0.25, 0.3) is 0 Å². The lowest BCUT2D eigenvalue weighted by molar-refractivity contribution is 0.417. The number of furan rings is 1. The van der Waals surface area contributed by atoms with Crippen molar-refractivity contribution >= 4 is 5.69 Å². The summed E-state index contributed by atoms with van der Waals surface area (Å²) < 4.78 is 5.35. The first-order valence-electron chi connectivity index (χ1n) is 6.47. The van der Waals surface area contributed by atoms with Gasteiger partial charge in [0.05, 0.1) is 12.8 Å². The Hall–Kier alpha value is -1.74. The van der Waals surface area contributed by atoms with Crippen LogP contribution in [0.3, 0.4) is 0 Å². The molecular formula is C15H18N2O. The maximum absolute atomic E-state index is 5.89. The lowest BCUT2D eigenvalue weighted by atomic mass is 9.87. The smallest absolute Gasteiger partial charge is 0.117 e. The minimum atomic E-state index is 0.391. The van der Waals surface area contributed by atoms with Crippen molar-refractivity contribution < 1.29 is 4.42 Å². The molecule has 0 amide bonds. The van der Waals surface area contributed by atoms with E-state index in [1.165, 1.54) is 17.5 Å². The highest BCUT2D eigenvalue weighted by molar-refractivity contribution is 5.46. The molecule has 1 aliphatic rings. The van der Waals surface area contributed by atoms with Gasteiger partial charge in [-0.05, 0) is 54.7 Å². The van der Waals surface area contributed by atoms with E-state index < -0.39 is 0 Å². The molecule has 1 atom stereocenters. The van der Waals surface area contributed by atoms with Gasteiger partial charge in [0.15, 0.2) is 0 Å². The Labute approximate surface area is 107 Å². The van der Waals surface area contributed by atoms with Crippen LogP contribution in [0, 0.1) is 0 Å². The van der Waals surface area contributed by atoms with E-state index in [4.69, 9.17) is 10.2 Å². The molecule has 18 heavy (non-hydrogen) atoms. The van der Waals surface area contributed by atoms with Gasteiger partial charge < -0.3 is 15.5 Å². The Balaban J connectivity index is 1.76. The van der Waals surface area contributed by atoms with Crippen molar-refractivity contribution in [3.63, 3.8) is 0 Å². The molecule has 1 aromatic heterocycles. The molecule has 3 rings (SSSR count). The van der Waals surface area contributed by atoms with Crippen LogP contribution < -0.4 is 11.1 Å². The van der Waals surface area contributed by atoms with Gasteiger partial charge >= 0.3 is 0 Å². The van der Waals surface area contributed by atoms with E-state index in [1.807, 2.05) is 18.2 Å². The fraction of sp³-hybridized carbons (Fsp3) is 0.333. The number of fused-ring (bicyclic) bond motifs is 1. The van der Waals surface area contributed by atoms with Gasteiger partial charge in [0.2, 0.25) is 0 Å². The monoisotopic (exact) mass is 242 g/mol. The predicted molar refractivity (Wildman–Crippen MR) is 72.1 cm³/mol. The van der Waals surface area contributed by atoms with Crippen LogP contribution in [0.15, 0.2) is 41.0 Å². The number of nitrogens with two attached hydrogens (primary N) is 1. The van der Waals surface area contributed by atoms with E-state index in [1.54, 1.807) is 6.26 Å². The SMILES string of the molecule is Nc1ccc2c(c1)C(NCc1ccco1)CCC2. The van der Waals surface area contributed by atoms with Gasteiger partial charge in [-0.1, -0.05) is 6.07 Å². The molecule has 3 nitrogen and oxygen atoms in total. The van der Waals surface area contributed by atoms with E-state index in [0.717, 1.165) is 30.8 Å². The summed E-state index contributed by atoms with van der Waals surface area (Å²) in [5.74, 6) is 0.978. The second kappa shape index (κ2) is 4.86. The summed E-state index contributed by atoms with van der Waals surface area (Å²) in [6.45, 7) is 0.770. The van der Waals surface area contributed by atoms with Crippen LogP contribution in [-0.2, 0) is 13.0 Å². The van der Waals surface area contributed by atoms with Gasteiger partial charge in [0.1, 0.15) is 5.76 Å². The van der Waals surface area contributed by atoms with Crippen molar-refractivity contribution in [2.24, 2.45) is 0 Å². The third-order valence-electron chi connectivity index (χ3n) is 3.59. The molecule has 1 unspecified atom stereocenters. The second-order valence-electron chi connectivity index (χ2n) is 4.86. The maximum atomic E-state index is 5.89. The summed E-state index contributed by atoms with van der Waals surface area (Å²) in [7, 11) is 0. The van der Waals surface area contributed by atoms with E-state index in [-0.39, 0.29) is 0 Å². The highest BCUT2D eigenvalue weighted by Gasteiger charge is 2.19. The zero-order chi connectivity index (χ0) is 12.4. The quantitative estimate of drug-likeness (QED) is 0.813. The normalized spacial score (nSPS) is 18.6. The van der Waals surface area contributed by atoms with Crippen LogP contribution in [-0.4, -0.2) is 0 Å². The third kappa shape index (κ3) is 2.27. The molecular weight excluding hydrogens is 224 g/mol. The van der Waals surface area contributed by atoms with E-state index in [9.17, 15) is 0 Å². The molecule has 0 fully saturated rings. The molecule has 1 aromatic carbocycles. The average Bonchev–Trinajstić information content (AvgIpc) is 2.89. The molecule has 94 valence electrons. The lowest BCUT2D eigenvalue weighted by Gasteiger charge is -2.26. The molecule has 3 N–H and O–H groups in total. The number of aryl methyl sites for hydroxylation is 1. The van der Waals surface area contributed by atoms with Crippen LogP contribution in [0.4, 0.5) is 5.69 Å².